The Labute approximate surface area is 175 Å². The lowest BCUT2D eigenvalue weighted by molar-refractivity contribution is 0.0208. The second-order valence-electron chi connectivity index (χ2n) is 7.64. The van der Waals surface area contributed by atoms with Crippen molar-refractivity contribution in [2.45, 2.75) is 39.3 Å². The van der Waals surface area contributed by atoms with Gasteiger partial charge in [-0.3, -0.25) is 14.9 Å². The molecule has 8 nitrogen and oxygen atoms in total. The van der Waals surface area contributed by atoms with E-state index in [4.69, 9.17) is 9.26 Å². The van der Waals surface area contributed by atoms with Crippen LogP contribution >= 0.6 is 0 Å². The zero-order valence-corrected chi connectivity index (χ0v) is 17.6. The summed E-state index contributed by atoms with van der Waals surface area (Å²) in [5.74, 6) is 6.73. The third-order valence-electron chi connectivity index (χ3n) is 4.09. The lowest BCUT2D eigenvalue weighted by Gasteiger charge is -2.26. The van der Waals surface area contributed by atoms with E-state index in [-0.39, 0.29) is 0 Å². The van der Waals surface area contributed by atoms with Gasteiger partial charge in [-0.1, -0.05) is 17.0 Å². The van der Waals surface area contributed by atoms with Gasteiger partial charge in [0.1, 0.15) is 17.3 Å². The molecule has 0 bridgehead atoms. The van der Waals surface area contributed by atoms with E-state index in [0.29, 0.717) is 17.4 Å². The summed E-state index contributed by atoms with van der Waals surface area (Å²) in [4.78, 5) is 26.3. The lowest BCUT2D eigenvalue weighted by Crippen LogP contribution is -2.35. The molecule has 1 unspecified atom stereocenters. The summed E-state index contributed by atoms with van der Waals surface area (Å²) in [6.07, 6.45) is 4.57. The molecule has 3 rings (SSSR count). The minimum Gasteiger partial charge on any atom is -0.444 e. The molecule has 3 aromatic heterocycles. The maximum atomic E-state index is 12.2. The first-order chi connectivity index (χ1) is 14.2. The van der Waals surface area contributed by atoms with E-state index in [1.807, 2.05) is 39.0 Å². The summed E-state index contributed by atoms with van der Waals surface area (Å²) in [7, 11) is 1.62. The van der Waals surface area contributed by atoms with Gasteiger partial charge < -0.3 is 9.26 Å². The van der Waals surface area contributed by atoms with Crippen LogP contribution in [0.25, 0.3) is 11.5 Å². The summed E-state index contributed by atoms with van der Waals surface area (Å²) in [6.45, 7) is 7.22. The fourth-order valence-electron chi connectivity index (χ4n) is 2.35. The van der Waals surface area contributed by atoms with Gasteiger partial charge in [-0.25, -0.2) is 4.79 Å². The van der Waals surface area contributed by atoms with Crippen molar-refractivity contribution >= 4 is 6.09 Å². The molecule has 1 atom stereocenters. The lowest BCUT2D eigenvalue weighted by atomic mass is 10.2. The quantitative estimate of drug-likeness (QED) is 0.611. The zero-order valence-electron chi connectivity index (χ0n) is 17.6. The number of rotatable bonds is 3. The van der Waals surface area contributed by atoms with Crippen molar-refractivity contribution in [1.82, 2.24) is 25.0 Å². The third kappa shape index (κ3) is 5.41. The van der Waals surface area contributed by atoms with Crippen molar-refractivity contribution in [3.63, 3.8) is 0 Å². The monoisotopic (exact) mass is 405 g/mol. The average Bonchev–Trinajstić information content (AvgIpc) is 3.21. The van der Waals surface area contributed by atoms with Crippen molar-refractivity contribution in [2.75, 3.05) is 7.05 Å². The van der Waals surface area contributed by atoms with Gasteiger partial charge in [0.2, 0.25) is 11.7 Å². The molecular formula is C22H23N5O3. The highest BCUT2D eigenvalue weighted by molar-refractivity contribution is 5.68. The Morgan fingerprint density at radius 1 is 1.13 bits per heavy atom. The van der Waals surface area contributed by atoms with Crippen LogP contribution in [0, 0.1) is 11.8 Å². The Kier molecular flexibility index (Phi) is 6.11. The molecule has 30 heavy (non-hydrogen) atoms. The molecule has 0 aliphatic carbocycles. The molecule has 0 fully saturated rings. The second-order valence-corrected chi connectivity index (χ2v) is 7.64. The van der Waals surface area contributed by atoms with Crippen LogP contribution in [-0.4, -0.2) is 43.8 Å². The predicted octanol–water partition coefficient (Wildman–Crippen LogP) is 3.85. The smallest absolute Gasteiger partial charge is 0.410 e. The molecule has 0 aliphatic rings. The predicted molar refractivity (Wildman–Crippen MR) is 110 cm³/mol. The average molecular weight is 405 g/mol. The van der Waals surface area contributed by atoms with Gasteiger partial charge in [0.15, 0.2) is 0 Å². The van der Waals surface area contributed by atoms with Gasteiger partial charge in [0.05, 0.1) is 0 Å². The molecular weight excluding hydrogens is 382 g/mol. The minimum absolute atomic E-state index is 0.293. The van der Waals surface area contributed by atoms with Crippen LogP contribution in [0.4, 0.5) is 4.79 Å². The second kappa shape index (κ2) is 8.74. The summed E-state index contributed by atoms with van der Waals surface area (Å²) in [6, 6.07) is 6.83. The van der Waals surface area contributed by atoms with E-state index < -0.39 is 17.7 Å². The molecule has 154 valence electrons. The maximum absolute atomic E-state index is 12.2. The molecule has 0 radical (unpaired) electrons. The van der Waals surface area contributed by atoms with Gasteiger partial charge >= 0.3 is 6.09 Å². The molecule has 0 spiro atoms. The van der Waals surface area contributed by atoms with Crippen LogP contribution in [0.15, 0.2) is 47.4 Å². The number of ether oxygens (including phenoxy) is 1. The topological polar surface area (TPSA) is 94.2 Å². The molecule has 0 aliphatic heterocycles. The van der Waals surface area contributed by atoms with Crippen LogP contribution in [0.2, 0.25) is 0 Å². The SMILES string of the molecule is CC(c1nc(-c2ccc(C#Cc3ccncc3)cn2)no1)N(C)C(=O)OC(C)(C)C. The molecule has 3 heterocycles. The van der Waals surface area contributed by atoms with Gasteiger partial charge in [0.25, 0.3) is 0 Å². The number of nitrogens with zero attached hydrogens (tertiary/aromatic N) is 5. The molecule has 0 saturated carbocycles. The first-order valence-electron chi connectivity index (χ1n) is 9.41. The number of carbonyl (C=O) groups is 1. The van der Waals surface area contributed by atoms with Crippen molar-refractivity contribution < 1.29 is 14.1 Å². The molecule has 0 aromatic carbocycles. The first-order valence-corrected chi connectivity index (χ1v) is 9.41. The number of hydrogen-bond acceptors (Lipinski definition) is 7. The number of pyridine rings is 2. The van der Waals surface area contributed by atoms with E-state index in [1.54, 1.807) is 38.6 Å². The van der Waals surface area contributed by atoms with E-state index in [2.05, 4.69) is 31.9 Å². The molecule has 0 saturated heterocycles. The summed E-state index contributed by atoms with van der Waals surface area (Å²) in [5, 5.41) is 3.98. The van der Waals surface area contributed by atoms with Crippen molar-refractivity contribution in [1.29, 1.82) is 0 Å². The van der Waals surface area contributed by atoms with Gasteiger partial charge in [-0.15, -0.1) is 0 Å². The highest BCUT2D eigenvalue weighted by Crippen LogP contribution is 2.22. The van der Waals surface area contributed by atoms with Crippen LogP contribution in [-0.2, 0) is 4.74 Å². The molecule has 1 amide bonds. The Morgan fingerprint density at radius 3 is 2.47 bits per heavy atom. The summed E-state index contributed by atoms with van der Waals surface area (Å²) >= 11 is 0. The number of hydrogen-bond donors (Lipinski definition) is 0. The highest BCUT2D eigenvalue weighted by Gasteiger charge is 2.27. The fraction of sp³-hybridized carbons (Fsp3) is 0.318. The van der Waals surface area contributed by atoms with Crippen LogP contribution < -0.4 is 0 Å². The standard InChI is InChI=1S/C22H23N5O3/c1-15(27(5)21(28)29-22(2,3)4)20-25-19(26-30-20)18-9-8-17(14-24-18)7-6-16-10-12-23-13-11-16/h8-15H,1-5H3. The number of aromatic nitrogens is 4. The van der Waals surface area contributed by atoms with E-state index >= 15 is 0 Å². The van der Waals surface area contributed by atoms with Gasteiger partial charge in [-0.05, 0) is 52.0 Å². The number of amides is 1. The Balaban J connectivity index is 1.70. The van der Waals surface area contributed by atoms with Crippen molar-refractivity contribution in [2.24, 2.45) is 0 Å². The fourth-order valence-corrected chi connectivity index (χ4v) is 2.35. The molecule has 8 heteroatoms. The Hall–Kier alpha value is -3.73. The normalized spacial score (nSPS) is 11.9. The van der Waals surface area contributed by atoms with Crippen LogP contribution in [0.3, 0.4) is 0 Å². The third-order valence-corrected chi connectivity index (χ3v) is 4.09. The van der Waals surface area contributed by atoms with E-state index in [9.17, 15) is 4.79 Å². The molecule has 3 aromatic rings. The van der Waals surface area contributed by atoms with E-state index in [1.165, 1.54) is 4.90 Å². The highest BCUT2D eigenvalue weighted by atomic mass is 16.6. The Morgan fingerprint density at radius 2 is 1.83 bits per heavy atom. The number of carbonyl (C=O) groups excluding carboxylic acids is 1. The van der Waals surface area contributed by atoms with Gasteiger partial charge in [0, 0.05) is 36.8 Å². The van der Waals surface area contributed by atoms with Crippen LogP contribution in [0.1, 0.15) is 50.8 Å². The summed E-state index contributed by atoms with van der Waals surface area (Å²) in [5.41, 5.74) is 1.60. The zero-order chi connectivity index (χ0) is 21.7. The summed E-state index contributed by atoms with van der Waals surface area (Å²) < 4.78 is 10.7. The van der Waals surface area contributed by atoms with Crippen molar-refractivity contribution in [3.8, 4) is 23.4 Å². The largest absolute Gasteiger partial charge is 0.444 e. The minimum atomic E-state index is -0.586. The van der Waals surface area contributed by atoms with E-state index in [0.717, 1.165) is 11.1 Å². The first kappa shape index (κ1) is 21.0. The van der Waals surface area contributed by atoms with Crippen molar-refractivity contribution in [3.05, 3.63) is 59.9 Å². The van der Waals surface area contributed by atoms with Crippen LogP contribution in [0.5, 0.6) is 0 Å². The molecule has 0 N–H and O–H groups in total. The maximum Gasteiger partial charge on any atom is 0.410 e. The Bertz CT molecular complexity index is 1060. The van der Waals surface area contributed by atoms with Gasteiger partial charge in [-0.2, -0.15) is 4.98 Å².